The first-order chi connectivity index (χ1) is 15.3. The number of anilines is 1. The van der Waals surface area contributed by atoms with Crippen LogP contribution in [-0.2, 0) is 9.59 Å². The van der Waals surface area contributed by atoms with Crippen molar-refractivity contribution < 1.29 is 14.4 Å². The predicted octanol–water partition coefficient (Wildman–Crippen LogP) is 3.78. The number of urea groups is 1. The number of carbonyl (C=O) groups is 3. The molecule has 1 spiro atoms. The molecule has 32 heavy (non-hydrogen) atoms. The number of hydrogen-bond donors (Lipinski definition) is 1. The largest absolute Gasteiger partial charge is 0.327 e. The number of hydrogen-bond acceptors (Lipinski definition) is 6. The Bertz CT molecular complexity index is 1030. The molecule has 2 aromatic rings. The number of likely N-dealkylation sites (N-methyl/N-ethyl adjacent to an activating group) is 1. The van der Waals surface area contributed by atoms with Gasteiger partial charge in [0.1, 0.15) is 12.1 Å². The number of amides is 4. The van der Waals surface area contributed by atoms with Gasteiger partial charge in [-0.15, -0.1) is 0 Å². The minimum Gasteiger partial charge on any atom is -0.325 e. The first kappa shape index (κ1) is 22.3. The lowest BCUT2D eigenvalue weighted by atomic mass is 9.81. The Morgan fingerprint density at radius 1 is 1.06 bits per heavy atom. The molecule has 2 heterocycles. The Balaban J connectivity index is 1.38. The number of benzene rings is 1. The van der Waals surface area contributed by atoms with E-state index in [1.807, 2.05) is 32.0 Å². The highest BCUT2D eigenvalue weighted by Gasteiger charge is 2.55. The maximum Gasteiger partial charge on any atom is 0.327 e. The van der Waals surface area contributed by atoms with Gasteiger partial charge in [0.15, 0.2) is 5.16 Å². The van der Waals surface area contributed by atoms with Gasteiger partial charge in [-0.2, -0.15) is 0 Å². The second kappa shape index (κ2) is 8.90. The van der Waals surface area contributed by atoms with Crippen molar-refractivity contribution >= 4 is 35.3 Å². The average Bonchev–Trinajstić information content (AvgIpc) is 2.91. The van der Waals surface area contributed by atoms with E-state index in [4.69, 9.17) is 0 Å². The Morgan fingerprint density at radius 2 is 1.69 bits per heavy atom. The molecule has 1 aliphatic heterocycles. The van der Waals surface area contributed by atoms with Crippen molar-refractivity contribution in [2.45, 2.75) is 61.5 Å². The molecule has 9 heteroatoms. The van der Waals surface area contributed by atoms with E-state index in [-0.39, 0.29) is 12.5 Å². The third-order valence-electron chi connectivity index (χ3n) is 6.09. The van der Waals surface area contributed by atoms with Crippen LogP contribution in [0.1, 0.15) is 43.5 Å². The van der Waals surface area contributed by atoms with Gasteiger partial charge < -0.3 is 10.2 Å². The van der Waals surface area contributed by atoms with E-state index in [2.05, 4.69) is 15.3 Å². The van der Waals surface area contributed by atoms with Gasteiger partial charge in [-0.3, -0.25) is 14.5 Å². The topological polar surface area (TPSA) is 95.5 Å². The lowest BCUT2D eigenvalue weighted by molar-refractivity contribution is -0.136. The van der Waals surface area contributed by atoms with Gasteiger partial charge in [0.2, 0.25) is 5.91 Å². The molecule has 1 N–H and O–H groups in total. The van der Waals surface area contributed by atoms with Crippen molar-refractivity contribution in [3.05, 3.63) is 41.7 Å². The molecule has 1 saturated carbocycles. The zero-order valence-electron chi connectivity index (χ0n) is 18.6. The fourth-order valence-corrected chi connectivity index (χ4v) is 5.33. The highest BCUT2D eigenvalue weighted by atomic mass is 32.2. The van der Waals surface area contributed by atoms with Crippen molar-refractivity contribution in [3.8, 4) is 0 Å². The standard InChI is InChI=1S/C23H27N5O3S/c1-15-13-16(2)25-21(24-15)32-18-9-7-17(8-10-18)26-19(29)14-28-20(30)23(27(3)22(28)31)11-5-4-6-12-23/h7-10,13H,4-6,11-12,14H2,1-3H3,(H,26,29). The van der Waals surface area contributed by atoms with Crippen LogP contribution >= 0.6 is 11.8 Å². The van der Waals surface area contributed by atoms with Gasteiger partial charge in [-0.05, 0) is 68.8 Å². The molecular weight excluding hydrogens is 426 g/mol. The maximum absolute atomic E-state index is 13.0. The number of carbonyl (C=O) groups excluding carboxylic acids is 3. The SMILES string of the molecule is Cc1cc(C)nc(Sc2ccc(NC(=O)CN3C(=O)N(C)C4(CCCCC4)C3=O)cc2)n1. The molecular formula is C23H27N5O3S. The summed E-state index contributed by atoms with van der Waals surface area (Å²) in [7, 11) is 1.67. The van der Waals surface area contributed by atoms with Crippen LogP contribution in [-0.4, -0.2) is 56.7 Å². The molecule has 0 radical (unpaired) electrons. The van der Waals surface area contributed by atoms with Gasteiger partial charge in [0.25, 0.3) is 5.91 Å². The lowest BCUT2D eigenvalue weighted by Crippen LogP contribution is -2.49. The number of nitrogens with zero attached hydrogens (tertiary/aromatic N) is 4. The maximum atomic E-state index is 13.0. The van der Waals surface area contributed by atoms with Gasteiger partial charge in [0.05, 0.1) is 0 Å². The number of imide groups is 1. The third kappa shape index (κ3) is 4.34. The molecule has 0 bridgehead atoms. The summed E-state index contributed by atoms with van der Waals surface area (Å²) in [6.07, 6.45) is 4.23. The van der Waals surface area contributed by atoms with E-state index in [0.717, 1.165) is 40.4 Å². The smallest absolute Gasteiger partial charge is 0.325 e. The van der Waals surface area contributed by atoms with Crippen LogP contribution in [0.4, 0.5) is 10.5 Å². The van der Waals surface area contributed by atoms with Crippen LogP contribution in [0.25, 0.3) is 0 Å². The van der Waals surface area contributed by atoms with Crippen LogP contribution < -0.4 is 5.32 Å². The lowest BCUT2D eigenvalue weighted by Gasteiger charge is -2.35. The minimum atomic E-state index is -0.773. The second-order valence-corrected chi connectivity index (χ2v) is 9.47. The molecule has 1 aromatic carbocycles. The molecule has 4 rings (SSSR count). The Hall–Kier alpha value is -2.94. The molecule has 2 aliphatic rings. The van der Waals surface area contributed by atoms with E-state index in [9.17, 15) is 14.4 Å². The minimum absolute atomic E-state index is 0.250. The summed E-state index contributed by atoms with van der Waals surface area (Å²) in [5, 5.41) is 3.45. The van der Waals surface area contributed by atoms with E-state index >= 15 is 0 Å². The highest BCUT2D eigenvalue weighted by molar-refractivity contribution is 7.99. The van der Waals surface area contributed by atoms with Gasteiger partial charge in [-0.1, -0.05) is 19.3 Å². The number of rotatable bonds is 5. The molecule has 8 nitrogen and oxygen atoms in total. The normalized spacial score (nSPS) is 17.8. The molecule has 0 atom stereocenters. The van der Waals surface area contributed by atoms with E-state index in [1.165, 1.54) is 16.7 Å². The predicted molar refractivity (Wildman–Crippen MR) is 121 cm³/mol. The summed E-state index contributed by atoms with van der Waals surface area (Å²) in [5.41, 5.74) is 1.65. The molecule has 1 aromatic heterocycles. The number of aryl methyl sites for hydroxylation is 2. The van der Waals surface area contributed by atoms with Crippen molar-refractivity contribution in [2.75, 3.05) is 18.9 Å². The fourth-order valence-electron chi connectivity index (χ4n) is 4.47. The van der Waals surface area contributed by atoms with Crippen molar-refractivity contribution in [1.29, 1.82) is 0 Å². The zero-order chi connectivity index (χ0) is 22.9. The van der Waals surface area contributed by atoms with Gasteiger partial charge in [0, 0.05) is 29.0 Å². The first-order valence-electron chi connectivity index (χ1n) is 10.8. The summed E-state index contributed by atoms with van der Waals surface area (Å²) in [4.78, 5) is 50.7. The summed E-state index contributed by atoms with van der Waals surface area (Å²) >= 11 is 1.44. The Labute approximate surface area is 191 Å². The zero-order valence-corrected chi connectivity index (χ0v) is 19.4. The van der Waals surface area contributed by atoms with Gasteiger partial charge >= 0.3 is 6.03 Å². The van der Waals surface area contributed by atoms with Gasteiger partial charge in [-0.25, -0.2) is 14.8 Å². The van der Waals surface area contributed by atoms with Crippen LogP contribution in [0.3, 0.4) is 0 Å². The van der Waals surface area contributed by atoms with Crippen molar-refractivity contribution in [1.82, 2.24) is 19.8 Å². The molecule has 1 aliphatic carbocycles. The van der Waals surface area contributed by atoms with Crippen molar-refractivity contribution in [3.63, 3.8) is 0 Å². The third-order valence-corrected chi connectivity index (χ3v) is 6.97. The van der Waals surface area contributed by atoms with Crippen LogP contribution in [0.5, 0.6) is 0 Å². The molecule has 0 unspecified atom stereocenters. The molecule has 2 fully saturated rings. The Morgan fingerprint density at radius 3 is 2.31 bits per heavy atom. The van der Waals surface area contributed by atoms with Crippen LogP contribution in [0.2, 0.25) is 0 Å². The summed E-state index contributed by atoms with van der Waals surface area (Å²) in [5.74, 6) is -0.647. The molecule has 1 saturated heterocycles. The molecule has 168 valence electrons. The average molecular weight is 454 g/mol. The number of aromatic nitrogens is 2. The fraction of sp³-hybridized carbons (Fsp3) is 0.435. The second-order valence-electron chi connectivity index (χ2n) is 8.43. The summed E-state index contributed by atoms with van der Waals surface area (Å²) < 4.78 is 0. The van der Waals surface area contributed by atoms with Crippen molar-refractivity contribution in [2.24, 2.45) is 0 Å². The summed E-state index contributed by atoms with van der Waals surface area (Å²) in [6, 6.07) is 8.84. The first-order valence-corrected chi connectivity index (χ1v) is 11.6. The van der Waals surface area contributed by atoms with Crippen LogP contribution in [0.15, 0.2) is 40.4 Å². The Kier molecular flexibility index (Phi) is 6.19. The van der Waals surface area contributed by atoms with E-state index < -0.39 is 17.5 Å². The molecule has 4 amide bonds. The monoisotopic (exact) mass is 453 g/mol. The summed E-state index contributed by atoms with van der Waals surface area (Å²) in [6.45, 7) is 3.58. The van der Waals surface area contributed by atoms with Crippen LogP contribution in [0, 0.1) is 13.8 Å². The quantitative estimate of drug-likeness (QED) is 0.547. The highest BCUT2D eigenvalue weighted by Crippen LogP contribution is 2.39. The van der Waals surface area contributed by atoms with E-state index in [0.29, 0.717) is 23.7 Å². The van der Waals surface area contributed by atoms with E-state index in [1.54, 1.807) is 19.2 Å². The number of nitrogens with one attached hydrogen (secondary N) is 1.